The molecule has 0 aliphatic carbocycles. The van der Waals surface area contributed by atoms with Gasteiger partial charge in [0, 0.05) is 34.8 Å². The van der Waals surface area contributed by atoms with Crippen LogP contribution in [-0.4, -0.2) is 29.9 Å². The third-order valence-corrected chi connectivity index (χ3v) is 6.35. The first-order valence-corrected chi connectivity index (χ1v) is 13.8. The molecule has 0 aromatic heterocycles. The highest BCUT2D eigenvalue weighted by molar-refractivity contribution is 6.34. The topological polar surface area (TPSA) is 147 Å². The first-order chi connectivity index (χ1) is 20.5. The number of nitrogens with two attached hydrogens (primary N) is 1. The van der Waals surface area contributed by atoms with E-state index in [0.29, 0.717) is 44.9 Å². The first-order valence-electron chi connectivity index (χ1n) is 13.0. The zero-order chi connectivity index (χ0) is 31.4. The third-order valence-electron chi connectivity index (χ3n) is 5.92. The van der Waals surface area contributed by atoms with Crippen LogP contribution in [-0.2, 0) is 22.7 Å². The zero-order valence-electron chi connectivity index (χ0n) is 23.6. The Kier molecular flexibility index (Phi) is 12.2. The van der Waals surface area contributed by atoms with Crippen LogP contribution >= 0.6 is 23.2 Å². The number of benzene rings is 4. The normalized spacial score (nSPS) is 10.9. The molecule has 0 heterocycles. The summed E-state index contributed by atoms with van der Waals surface area (Å²) in [5, 5.41) is 22.4. The molecule has 4 aromatic rings. The minimum Gasteiger partial charge on any atom is -0.493 e. The molecule has 0 aliphatic heterocycles. The molecule has 0 bridgehead atoms. The van der Waals surface area contributed by atoms with Crippen LogP contribution in [0, 0.1) is 5.41 Å². The molecule has 1 unspecified atom stereocenters. The number of nitrogen functional groups attached to an aromatic ring is 1. The fraction of sp³-hybridized carbons (Fsp3) is 0.156. The van der Waals surface area contributed by atoms with Gasteiger partial charge < -0.3 is 30.9 Å². The van der Waals surface area contributed by atoms with Gasteiger partial charge in [-0.15, -0.1) is 0 Å². The van der Waals surface area contributed by atoms with Gasteiger partial charge in [-0.1, -0.05) is 59.6 Å². The monoisotopic (exact) mass is 622 g/mol. The Morgan fingerprint density at radius 2 is 1.53 bits per heavy atom. The number of ether oxygens (including phenoxy) is 2. The van der Waals surface area contributed by atoms with Crippen LogP contribution in [0.1, 0.15) is 35.2 Å². The molecular formula is C32H32Cl2N4O5. The second-order valence-corrected chi connectivity index (χ2v) is 10.1. The van der Waals surface area contributed by atoms with Gasteiger partial charge in [-0.05, 0) is 71.3 Å². The van der Waals surface area contributed by atoms with E-state index in [4.69, 9.17) is 53.7 Å². The van der Waals surface area contributed by atoms with E-state index in [2.05, 4.69) is 10.6 Å². The van der Waals surface area contributed by atoms with Crippen LogP contribution < -0.4 is 25.8 Å². The average Bonchev–Trinajstić information content (AvgIpc) is 2.97. The number of methoxy groups -OCH3 is 1. The molecule has 1 atom stereocenters. The van der Waals surface area contributed by atoms with Crippen LogP contribution in [0.3, 0.4) is 0 Å². The van der Waals surface area contributed by atoms with Gasteiger partial charge in [0.05, 0.1) is 7.11 Å². The van der Waals surface area contributed by atoms with E-state index in [1.165, 1.54) is 0 Å². The number of carboxylic acid groups (broad SMARTS) is 1. The number of halogens is 2. The van der Waals surface area contributed by atoms with Gasteiger partial charge >= 0.3 is 0 Å². The SMILES string of the molecule is CC(=O)O.COc1cc(C(Nc2ccc(C(=N)N)cc2)C(=O)NCc2ccccc2)ccc1OCc1cc(Cl)cc(Cl)c1. The van der Waals surface area contributed by atoms with Crippen LogP contribution in [0.25, 0.3) is 0 Å². The largest absolute Gasteiger partial charge is 0.493 e. The van der Waals surface area contributed by atoms with Gasteiger partial charge in [0.15, 0.2) is 11.5 Å². The Bertz CT molecular complexity index is 1530. The van der Waals surface area contributed by atoms with E-state index < -0.39 is 12.0 Å². The zero-order valence-corrected chi connectivity index (χ0v) is 25.1. The van der Waals surface area contributed by atoms with Crippen molar-refractivity contribution in [2.75, 3.05) is 12.4 Å². The molecule has 1 amide bonds. The number of hydrogen-bond acceptors (Lipinski definition) is 6. The number of hydrogen-bond donors (Lipinski definition) is 5. The van der Waals surface area contributed by atoms with Crippen molar-refractivity contribution in [1.29, 1.82) is 5.41 Å². The molecule has 224 valence electrons. The molecule has 0 spiro atoms. The predicted molar refractivity (Wildman–Crippen MR) is 169 cm³/mol. The summed E-state index contributed by atoms with van der Waals surface area (Å²) in [7, 11) is 1.54. The van der Waals surface area contributed by atoms with Crippen LogP contribution in [0.2, 0.25) is 10.0 Å². The van der Waals surface area contributed by atoms with Crippen molar-refractivity contribution in [3.05, 3.63) is 123 Å². The molecule has 11 heteroatoms. The van der Waals surface area contributed by atoms with Gasteiger partial charge in [-0.3, -0.25) is 15.0 Å². The Labute approximate surface area is 260 Å². The standard InChI is InChI=1S/C30H28Cl2N4O3.C2H4O2/c1-38-27-15-22(9-12-26(27)39-18-20-13-23(31)16-24(32)14-20)28(30(37)35-17-19-5-3-2-4-6-19)36-25-10-7-21(8-11-25)29(33)34;1-2(3)4/h2-16,28,36H,17-18H2,1H3,(H3,33,34)(H,35,37);1H3,(H,3,4). The molecular weight excluding hydrogens is 591 g/mol. The lowest BCUT2D eigenvalue weighted by Gasteiger charge is -2.22. The van der Waals surface area contributed by atoms with Crippen molar-refractivity contribution in [2.45, 2.75) is 26.1 Å². The van der Waals surface area contributed by atoms with Crippen molar-refractivity contribution >= 4 is 46.6 Å². The minimum atomic E-state index is -0.833. The van der Waals surface area contributed by atoms with E-state index >= 15 is 0 Å². The van der Waals surface area contributed by atoms with E-state index in [-0.39, 0.29) is 18.3 Å². The van der Waals surface area contributed by atoms with Crippen LogP contribution in [0.5, 0.6) is 11.5 Å². The number of anilines is 1. The van der Waals surface area contributed by atoms with E-state index in [0.717, 1.165) is 18.1 Å². The molecule has 0 aliphatic rings. The Balaban J connectivity index is 0.00000119. The van der Waals surface area contributed by atoms with Gasteiger partial charge in [-0.2, -0.15) is 0 Å². The average molecular weight is 624 g/mol. The highest BCUT2D eigenvalue weighted by Gasteiger charge is 2.22. The number of amidine groups is 1. The number of carbonyl (C=O) groups is 2. The van der Waals surface area contributed by atoms with Crippen molar-refractivity contribution in [1.82, 2.24) is 5.32 Å². The maximum atomic E-state index is 13.4. The maximum Gasteiger partial charge on any atom is 0.300 e. The fourth-order valence-corrected chi connectivity index (χ4v) is 4.51. The summed E-state index contributed by atoms with van der Waals surface area (Å²) in [5.74, 6) is -0.111. The summed E-state index contributed by atoms with van der Waals surface area (Å²) >= 11 is 12.2. The van der Waals surface area contributed by atoms with E-state index in [1.54, 1.807) is 61.7 Å². The molecule has 0 fully saturated rings. The van der Waals surface area contributed by atoms with E-state index in [9.17, 15) is 4.79 Å². The van der Waals surface area contributed by atoms with E-state index in [1.807, 2.05) is 36.4 Å². The smallest absolute Gasteiger partial charge is 0.300 e. The van der Waals surface area contributed by atoms with Crippen molar-refractivity contribution in [3.63, 3.8) is 0 Å². The number of rotatable bonds is 11. The number of carboxylic acids is 1. The molecule has 9 nitrogen and oxygen atoms in total. The second-order valence-electron chi connectivity index (χ2n) is 9.27. The highest BCUT2D eigenvalue weighted by Crippen LogP contribution is 2.33. The van der Waals surface area contributed by atoms with Crippen LogP contribution in [0.15, 0.2) is 91.0 Å². The lowest BCUT2D eigenvalue weighted by atomic mass is 10.0. The second kappa shape index (κ2) is 16.1. The first kappa shape index (κ1) is 32.8. The van der Waals surface area contributed by atoms with Crippen molar-refractivity contribution in [3.8, 4) is 11.5 Å². The molecule has 6 N–H and O–H groups in total. The van der Waals surface area contributed by atoms with Crippen molar-refractivity contribution in [2.24, 2.45) is 5.73 Å². The quantitative estimate of drug-likeness (QED) is 0.0956. The minimum absolute atomic E-state index is 0.0286. The fourth-order valence-electron chi connectivity index (χ4n) is 3.94. The molecule has 43 heavy (non-hydrogen) atoms. The summed E-state index contributed by atoms with van der Waals surface area (Å²) in [6.45, 7) is 1.69. The van der Waals surface area contributed by atoms with Gasteiger partial charge in [-0.25, -0.2) is 0 Å². The van der Waals surface area contributed by atoms with Crippen LogP contribution in [0.4, 0.5) is 5.69 Å². The summed E-state index contributed by atoms with van der Waals surface area (Å²) in [4.78, 5) is 22.4. The number of carbonyl (C=O) groups excluding carboxylic acids is 1. The number of nitrogens with one attached hydrogen (secondary N) is 3. The molecule has 0 saturated carbocycles. The molecule has 0 radical (unpaired) electrons. The predicted octanol–water partition coefficient (Wildman–Crippen LogP) is 6.43. The number of amides is 1. The number of aliphatic carboxylic acids is 1. The van der Waals surface area contributed by atoms with Gasteiger partial charge in [0.2, 0.25) is 5.91 Å². The molecule has 4 aromatic carbocycles. The third kappa shape index (κ3) is 10.6. The van der Waals surface area contributed by atoms with Gasteiger partial charge in [0.1, 0.15) is 18.5 Å². The molecule has 4 rings (SSSR count). The highest BCUT2D eigenvalue weighted by atomic mass is 35.5. The lowest BCUT2D eigenvalue weighted by Crippen LogP contribution is -2.33. The maximum absolute atomic E-state index is 13.4. The summed E-state index contributed by atoms with van der Waals surface area (Å²) in [5.41, 5.74) is 9.33. The lowest BCUT2D eigenvalue weighted by molar-refractivity contribution is -0.134. The Morgan fingerprint density at radius 3 is 2.12 bits per heavy atom. The van der Waals surface area contributed by atoms with Gasteiger partial charge in [0.25, 0.3) is 5.97 Å². The Hall–Kier alpha value is -4.73. The summed E-state index contributed by atoms with van der Waals surface area (Å²) < 4.78 is 11.6. The summed E-state index contributed by atoms with van der Waals surface area (Å²) in [6.07, 6.45) is 0. The molecule has 0 saturated heterocycles. The summed E-state index contributed by atoms with van der Waals surface area (Å²) in [6, 6.07) is 26.5. The van der Waals surface area contributed by atoms with Crippen molar-refractivity contribution < 1.29 is 24.2 Å². The Morgan fingerprint density at radius 1 is 0.907 bits per heavy atom.